The molecule has 1 saturated carbocycles. The number of nitrogens with zero attached hydrogens (tertiary/aromatic N) is 1. The van der Waals surface area contributed by atoms with Gasteiger partial charge in [0.1, 0.15) is 15.6 Å². The third-order valence-electron chi connectivity index (χ3n) is 5.76. The van der Waals surface area contributed by atoms with E-state index in [1.807, 2.05) is 0 Å². The van der Waals surface area contributed by atoms with E-state index in [4.69, 9.17) is 23.2 Å². The second-order valence-electron chi connectivity index (χ2n) is 6.88. The van der Waals surface area contributed by atoms with Crippen LogP contribution in [0.1, 0.15) is 26.3 Å². The van der Waals surface area contributed by atoms with Crippen molar-refractivity contribution in [3.05, 3.63) is 29.8 Å². The van der Waals surface area contributed by atoms with Crippen molar-refractivity contribution in [3.63, 3.8) is 0 Å². The highest BCUT2D eigenvalue weighted by Crippen LogP contribution is 2.77. The third-order valence-corrected chi connectivity index (χ3v) is 6.98. The maximum absolute atomic E-state index is 6.65. The predicted octanol–water partition coefficient (Wildman–Crippen LogP) is 4.11. The first-order valence-electron chi connectivity index (χ1n) is 6.41. The number of hydrogen-bond acceptors (Lipinski definition) is 0. The molecule has 18 heavy (non-hydrogen) atoms. The quantitative estimate of drug-likeness (QED) is 0.497. The summed E-state index contributed by atoms with van der Waals surface area (Å²) in [6, 6.07) is 8.58. The summed E-state index contributed by atoms with van der Waals surface area (Å²) in [5.74, 6) is 0.283. The zero-order chi connectivity index (χ0) is 13.6. The van der Waals surface area contributed by atoms with Gasteiger partial charge >= 0.3 is 0 Å². The standard InChI is InChI=1S/C15H20Cl2N/c1-13(2)12-14(3,15(12,16)17)10-8-6-7-9-11(10)18(13,4)5/h6-9,12H,1-5H3/q+1/t12-,14+/m0/s1. The van der Waals surface area contributed by atoms with Crippen LogP contribution in [-0.2, 0) is 5.41 Å². The molecule has 3 heteroatoms. The summed E-state index contributed by atoms with van der Waals surface area (Å²) in [4.78, 5) is 0. The van der Waals surface area contributed by atoms with Crippen LogP contribution in [0.5, 0.6) is 0 Å². The van der Waals surface area contributed by atoms with Gasteiger partial charge in [-0.3, -0.25) is 4.48 Å². The van der Waals surface area contributed by atoms with Crippen molar-refractivity contribution in [1.29, 1.82) is 0 Å². The average molecular weight is 285 g/mol. The van der Waals surface area contributed by atoms with Gasteiger partial charge in [0.05, 0.1) is 20.0 Å². The molecule has 0 radical (unpaired) electrons. The molecule has 0 N–H and O–H groups in total. The molecule has 1 aliphatic carbocycles. The van der Waals surface area contributed by atoms with Crippen LogP contribution in [0.3, 0.4) is 0 Å². The molecule has 98 valence electrons. The van der Waals surface area contributed by atoms with Crippen LogP contribution in [0, 0.1) is 5.92 Å². The molecule has 0 aromatic heterocycles. The van der Waals surface area contributed by atoms with Gasteiger partial charge in [-0.1, -0.05) is 25.1 Å². The lowest BCUT2D eigenvalue weighted by Crippen LogP contribution is -2.62. The molecule has 2 atom stereocenters. The molecule has 0 amide bonds. The van der Waals surface area contributed by atoms with Gasteiger partial charge in [-0.25, -0.2) is 0 Å². The van der Waals surface area contributed by atoms with Gasteiger partial charge in [-0.2, -0.15) is 0 Å². The topological polar surface area (TPSA) is 0 Å². The second kappa shape index (κ2) is 3.08. The van der Waals surface area contributed by atoms with Gasteiger partial charge in [-0.15, -0.1) is 23.2 Å². The third kappa shape index (κ3) is 1.07. The van der Waals surface area contributed by atoms with E-state index in [0.717, 1.165) is 4.48 Å². The summed E-state index contributed by atoms with van der Waals surface area (Å²) in [6.45, 7) is 6.76. The molecule has 1 aromatic carbocycles. The Morgan fingerprint density at radius 1 is 1.06 bits per heavy atom. The van der Waals surface area contributed by atoms with Crippen molar-refractivity contribution in [1.82, 2.24) is 4.48 Å². The molecule has 1 heterocycles. The number of benzene rings is 1. The zero-order valence-electron chi connectivity index (χ0n) is 11.6. The second-order valence-corrected chi connectivity index (χ2v) is 8.27. The molecule has 1 aromatic rings. The Balaban J connectivity index is 2.35. The van der Waals surface area contributed by atoms with Crippen LogP contribution in [0.4, 0.5) is 5.69 Å². The van der Waals surface area contributed by atoms with E-state index in [1.54, 1.807) is 0 Å². The van der Waals surface area contributed by atoms with E-state index < -0.39 is 4.33 Å². The Labute approximate surface area is 119 Å². The lowest BCUT2D eigenvalue weighted by molar-refractivity contribution is 0.143. The van der Waals surface area contributed by atoms with Gasteiger partial charge < -0.3 is 0 Å². The van der Waals surface area contributed by atoms with Gasteiger partial charge in [0.2, 0.25) is 0 Å². The van der Waals surface area contributed by atoms with Gasteiger partial charge in [0, 0.05) is 11.0 Å². The van der Waals surface area contributed by atoms with E-state index >= 15 is 0 Å². The Morgan fingerprint density at radius 2 is 1.61 bits per heavy atom. The first kappa shape index (κ1) is 12.8. The summed E-state index contributed by atoms with van der Waals surface area (Å²) in [5, 5.41) is 0. The zero-order valence-corrected chi connectivity index (χ0v) is 13.1. The van der Waals surface area contributed by atoms with Crippen LogP contribution < -0.4 is 4.48 Å². The fourth-order valence-electron chi connectivity index (χ4n) is 4.05. The lowest BCUT2D eigenvalue weighted by Gasteiger charge is -2.49. The Morgan fingerprint density at radius 3 is 2.22 bits per heavy atom. The van der Waals surface area contributed by atoms with E-state index in [9.17, 15) is 0 Å². The fourth-order valence-corrected chi connectivity index (χ4v) is 5.33. The minimum atomic E-state index is -0.654. The first-order valence-corrected chi connectivity index (χ1v) is 7.17. The SMILES string of the molecule is CC1(C)[C@@H]2C(Cl)(Cl)[C@]2(C)c2ccccc2[N+]1(C)C. The molecule has 0 unspecified atom stereocenters. The van der Waals surface area contributed by atoms with E-state index in [-0.39, 0.29) is 16.9 Å². The largest absolute Gasteiger partial charge is 0.291 e. The predicted molar refractivity (Wildman–Crippen MR) is 79.4 cm³/mol. The molecule has 0 bridgehead atoms. The number of quaternary nitrogens is 1. The van der Waals surface area contributed by atoms with E-state index in [2.05, 4.69) is 59.1 Å². The van der Waals surface area contributed by atoms with Crippen molar-refractivity contribution in [2.24, 2.45) is 5.92 Å². The molecule has 1 aliphatic heterocycles. The molecule has 1 fully saturated rings. The van der Waals surface area contributed by atoms with Gasteiger partial charge in [0.25, 0.3) is 0 Å². The molecule has 1 nitrogen and oxygen atoms in total. The Hall–Kier alpha value is -0.240. The van der Waals surface area contributed by atoms with E-state index in [1.165, 1.54) is 11.3 Å². The van der Waals surface area contributed by atoms with Crippen LogP contribution in [0.15, 0.2) is 24.3 Å². The van der Waals surface area contributed by atoms with Crippen LogP contribution in [0.25, 0.3) is 0 Å². The summed E-state index contributed by atoms with van der Waals surface area (Å²) < 4.78 is 0.170. The van der Waals surface area contributed by atoms with Crippen molar-refractivity contribution in [2.45, 2.75) is 36.1 Å². The van der Waals surface area contributed by atoms with Crippen LogP contribution >= 0.6 is 23.2 Å². The van der Waals surface area contributed by atoms with E-state index in [0.29, 0.717) is 0 Å². The lowest BCUT2D eigenvalue weighted by atomic mass is 9.78. The number of fused-ring (bicyclic) bond motifs is 3. The summed E-state index contributed by atoms with van der Waals surface area (Å²) in [6.07, 6.45) is 0. The smallest absolute Gasteiger partial charge is 0.138 e. The number of rotatable bonds is 0. The minimum Gasteiger partial charge on any atom is -0.291 e. The average Bonchev–Trinajstić information content (AvgIpc) is 2.73. The highest BCUT2D eigenvalue weighted by Gasteiger charge is 2.84. The number of halogens is 2. The van der Waals surface area contributed by atoms with Gasteiger partial charge in [0.15, 0.2) is 0 Å². The Bertz CT molecular complexity index is 518. The highest BCUT2D eigenvalue weighted by molar-refractivity contribution is 6.52. The van der Waals surface area contributed by atoms with Crippen molar-refractivity contribution >= 4 is 28.9 Å². The maximum atomic E-state index is 6.65. The summed E-state index contributed by atoms with van der Waals surface area (Å²) >= 11 is 13.3. The van der Waals surface area contributed by atoms with Crippen molar-refractivity contribution in [3.8, 4) is 0 Å². The fraction of sp³-hybridized carbons (Fsp3) is 0.600. The molecule has 0 spiro atoms. The van der Waals surface area contributed by atoms with Gasteiger partial charge in [-0.05, 0) is 19.9 Å². The molecule has 0 saturated heterocycles. The number of para-hydroxylation sites is 1. The van der Waals surface area contributed by atoms with Crippen molar-refractivity contribution in [2.75, 3.05) is 14.1 Å². The molecule has 3 rings (SSSR count). The van der Waals surface area contributed by atoms with Crippen molar-refractivity contribution < 1.29 is 0 Å². The highest BCUT2D eigenvalue weighted by atomic mass is 35.5. The number of hydrogen-bond donors (Lipinski definition) is 0. The van der Waals surface area contributed by atoms with Crippen LogP contribution in [-0.4, -0.2) is 24.0 Å². The summed E-state index contributed by atoms with van der Waals surface area (Å²) in [7, 11) is 4.50. The normalized spacial score (nSPS) is 37.6. The molecule has 2 aliphatic rings. The van der Waals surface area contributed by atoms with Crippen LogP contribution in [0.2, 0.25) is 0 Å². The summed E-state index contributed by atoms with van der Waals surface area (Å²) in [5.41, 5.74) is 2.55. The monoisotopic (exact) mass is 284 g/mol. The molecular weight excluding hydrogens is 265 g/mol. The number of alkyl halides is 2. The Kier molecular flexibility index (Phi) is 2.19. The first-order chi connectivity index (χ1) is 8.09. The molecular formula is C15H20Cl2N+. The minimum absolute atomic E-state index is 0.0204. The maximum Gasteiger partial charge on any atom is 0.138 e.